The Balaban J connectivity index is 1.82. The Bertz CT molecular complexity index is 1060. The van der Waals surface area contributed by atoms with Gasteiger partial charge < -0.3 is 10.2 Å². The molecule has 1 aliphatic rings. The highest BCUT2D eigenvalue weighted by atomic mass is 32.2. The number of nitrogens with zero attached hydrogens (tertiary/aromatic N) is 3. The van der Waals surface area contributed by atoms with Gasteiger partial charge in [-0.25, -0.2) is 13.6 Å². The zero-order valence-electron chi connectivity index (χ0n) is 18.6. The van der Waals surface area contributed by atoms with Gasteiger partial charge in [-0.3, -0.25) is 4.79 Å². The van der Waals surface area contributed by atoms with Crippen LogP contribution in [0, 0.1) is 0 Å². The van der Waals surface area contributed by atoms with Crippen LogP contribution in [0.15, 0.2) is 57.6 Å². The lowest BCUT2D eigenvalue weighted by Gasteiger charge is -2.23. The highest BCUT2D eigenvalue weighted by Crippen LogP contribution is 2.26. The van der Waals surface area contributed by atoms with Gasteiger partial charge in [-0.1, -0.05) is 19.3 Å². The van der Waals surface area contributed by atoms with Crippen molar-refractivity contribution in [2.24, 2.45) is 15.4 Å². The Morgan fingerprint density at radius 2 is 1.59 bits per heavy atom. The van der Waals surface area contributed by atoms with Crippen molar-refractivity contribution in [1.82, 2.24) is 5.32 Å². The largest absolute Gasteiger partial charge is 0.372 e. The summed E-state index contributed by atoms with van der Waals surface area (Å²) in [5.41, 5.74) is 2.13. The standard InChI is InChI=1S/C23H31N5O3S/c1-3-28(4-2)20-13-10-18(11-14-20)26-27-19-12-15-22(32(24,30)31)21(16-19)23(29)25-17-8-6-5-7-9-17/h10-17H,3-9H2,1-2H3,(H,25,29)(H2,24,30,31)/b27-26+. The van der Waals surface area contributed by atoms with E-state index in [1.807, 2.05) is 24.3 Å². The van der Waals surface area contributed by atoms with E-state index in [-0.39, 0.29) is 16.5 Å². The van der Waals surface area contributed by atoms with Crippen molar-refractivity contribution in [3.63, 3.8) is 0 Å². The van der Waals surface area contributed by atoms with Gasteiger partial charge in [-0.15, -0.1) is 0 Å². The molecule has 2 aromatic rings. The molecule has 0 unspecified atom stereocenters. The van der Waals surface area contributed by atoms with Crippen LogP contribution >= 0.6 is 0 Å². The second-order valence-corrected chi connectivity index (χ2v) is 9.45. The molecule has 1 aliphatic carbocycles. The Morgan fingerprint density at radius 3 is 2.19 bits per heavy atom. The van der Waals surface area contributed by atoms with Crippen LogP contribution in [0.4, 0.5) is 17.1 Å². The van der Waals surface area contributed by atoms with Gasteiger partial charge in [0, 0.05) is 24.8 Å². The van der Waals surface area contributed by atoms with Crippen LogP contribution in [0.25, 0.3) is 0 Å². The molecule has 9 heteroatoms. The van der Waals surface area contributed by atoms with Crippen molar-refractivity contribution in [2.75, 3.05) is 18.0 Å². The number of nitrogens with two attached hydrogens (primary N) is 1. The Kier molecular flexibility index (Phi) is 7.98. The SMILES string of the molecule is CCN(CC)c1ccc(/N=N/c2ccc(S(N)(=O)=O)c(C(=O)NC3CCCCC3)c2)cc1. The first-order chi connectivity index (χ1) is 15.3. The average Bonchev–Trinajstić information content (AvgIpc) is 2.79. The smallest absolute Gasteiger partial charge is 0.252 e. The predicted octanol–water partition coefficient (Wildman–Crippen LogP) is 4.66. The molecule has 172 valence electrons. The molecule has 0 atom stereocenters. The van der Waals surface area contributed by atoms with Gasteiger partial charge in [0.25, 0.3) is 5.91 Å². The lowest BCUT2D eigenvalue weighted by Crippen LogP contribution is -2.37. The van der Waals surface area contributed by atoms with Crippen LogP contribution < -0.4 is 15.4 Å². The van der Waals surface area contributed by atoms with E-state index in [1.54, 1.807) is 0 Å². The quantitative estimate of drug-likeness (QED) is 0.561. The number of hydrogen-bond acceptors (Lipinski definition) is 6. The molecule has 3 N–H and O–H groups in total. The predicted molar refractivity (Wildman–Crippen MR) is 126 cm³/mol. The average molecular weight is 458 g/mol. The van der Waals surface area contributed by atoms with Crippen molar-refractivity contribution >= 4 is 33.0 Å². The van der Waals surface area contributed by atoms with E-state index in [4.69, 9.17) is 5.14 Å². The third kappa shape index (κ3) is 6.14. The molecule has 0 aliphatic heterocycles. The lowest BCUT2D eigenvalue weighted by atomic mass is 9.95. The molecule has 3 rings (SSSR count). The summed E-state index contributed by atoms with van der Waals surface area (Å²) >= 11 is 0. The number of anilines is 1. The van der Waals surface area contributed by atoms with E-state index in [0.717, 1.165) is 50.9 Å². The monoisotopic (exact) mass is 457 g/mol. The molecule has 1 amide bonds. The van der Waals surface area contributed by atoms with E-state index in [2.05, 4.69) is 34.3 Å². The molecule has 32 heavy (non-hydrogen) atoms. The summed E-state index contributed by atoms with van der Waals surface area (Å²) in [4.78, 5) is 14.9. The van der Waals surface area contributed by atoms with Crippen LogP contribution in [0.1, 0.15) is 56.3 Å². The summed E-state index contributed by atoms with van der Waals surface area (Å²) in [6, 6.07) is 12.0. The van der Waals surface area contributed by atoms with Gasteiger partial charge in [-0.05, 0) is 69.2 Å². The van der Waals surface area contributed by atoms with Crippen LogP contribution in [0.5, 0.6) is 0 Å². The van der Waals surface area contributed by atoms with Crippen molar-refractivity contribution < 1.29 is 13.2 Å². The zero-order chi connectivity index (χ0) is 23.1. The highest BCUT2D eigenvalue weighted by Gasteiger charge is 2.23. The number of sulfonamides is 1. The summed E-state index contributed by atoms with van der Waals surface area (Å²) in [6.07, 6.45) is 5.03. The maximum Gasteiger partial charge on any atom is 0.252 e. The minimum absolute atomic E-state index is 0.00796. The summed E-state index contributed by atoms with van der Waals surface area (Å²) in [7, 11) is -4.06. The Morgan fingerprint density at radius 1 is 1.00 bits per heavy atom. The molecular weight excluding hydrogens is 426 g/mol. The molecule has 0 radical (unpaired) electrons. The fourth-order valence-corrected chi connectivity index (χ4v) is 4.67. The second-order valence-electron chi connectivity index (χ2n) is 7.92. The first-order valence-corrected chi connectivity index (χ1v) is 12.6. The summed E-state index contributed by atoms with van der Waals surface area (Å²) in [6.45, 7) is 6.04. The number of hydrogen-bond donors (Lipinski definition) is 2. The van der Waals surface area contributed by atoms with Gasteiger partial charge in [0.2, 0.25) is 10.0 Å². The first-order valence-electron chi connectivity index (χ1n) is 11.1. The molecule has 1 saturated carbocycles. The molecule has 8 nitrogen and oxygen atoms in total. The van der Waals surface area contributed by atoms with Crippen molar-refractivity contribution in [3.8, 4) is 0 Å². The van der Waals surface area contributed by atoms with E-state index < -0.39 is 15.9 Å². The third-order valence-corrected chi connectivity index (χ3v) is 6.68. The number of primary sulfonamides is 1. The van der Waals surface area contributed by atoms with Crippen LogP contribution in [-0.4, -0.2) is 33.5 Å². The van der Waals surface area contributed by atoms with Crippen molar-refractivity contribution in [3.05, 3.63) is 48.0 Å². The normalized spacial score (nSPS) is 15.1. The zero-order valence-corrected chi connectivity index (χ0v) is 19.4. The minimum Gasteiger partial charge on any atom is -0.372 e. The van der Waals surface area contributed by atoms with Crippen LogP contribution in [0.2, 0.25) is 0 Å². The highest BCUT2D eigenvalue weighted by molar-refractivity contribution is 7.89. The minimum atomic E-state index is -4.06. The topological polar surface area (TPSA) is 117 Å². The summed E-state index contributed by atoms with van der Waals surface area (Å²) in [5, 5.41) is 16.7. The van der Waals surface area contributed by atoms with E-state index in [1.165, 1.54) is 18.2 Å². The van der Waals surface area contributed by atoms with Crippen LogP contribution in [0.3, 0.4) is 0 Å². The third-order valence-electron chi connectivity index (χ3n) is 5.71. The summed E-state index contributed by atoms with van der Waals surface area (Å²) in [5.74, 6) is -0.457. The van der Waals surface area contributed by atoms with Gasteiger partial charge in [0.05, 0.1) is 21.8 Å². The molecule has 0 bridgehead atoms. The van der Waals surface area contributed by atoms with E-state index in [0.29, 0.717) is 11.4 Å². The van der Waals surface area contributed by atoms with Gasteiger partial charge in [-0.2, -0.15) is 10.2 Å². The van der Waals surface area contributed by atoms with Gasteiger partial charge >= 0.3 is 0 Å². The number of azo groups is 1. The number of rotatable bonds is 8. The van der Waals surface area contributed by atoms with Gasteiger partial charge in [0.15, 0.2) is 0 Å². The molecular formula is C23H31N5O3S. The second kappa shape index (κ2) is 10.7. The maximum absolute atomic E-state index is 12.9. The molecule has 0 aromatic heterocycles. The van der Waals surface area contributed by atoms with Crippen LogP contribution in [-0.2, 0) is 10.0 Å². The molecule has 0 heterocycles. The summed E-state index contributed by atoms with van der Waals surface area (Å²) < 4.78 is 24.0. The van der Waals surface area contributed by atoms with Gasteiger partial charge in [0.1, 0.15) is 0 Å². The number of amides is 1. The van der Waals surface area contributed by atoms with E-state index >= 15 is 0 Å². The fourth-order valence-electron chi connectivity index (χ4n) is 3.95. The molecule has 2 aromatic carbocycles. The lowest BCUT2D eigenvalue weighted by molar-refractivity contribution is 0.0924. The number of carbonyl (C=O) groups is 1. The fraction of sp³-hybridized carbons (Fsp3) is 0.435. The van der Waals surface area contributed by atoms with E-state index in [9.17, 15) is 13.2 Å². The maximum atomic E-state index is 12.9. The Labute approximate surface area is 190 Å². The number of benzene rings is 2. The molecule has 0 spiro atoms. The van der Waals surface area contributed by atoms with Crippen molar-refractivity contribution in [1.29, 1.82) is 0 Å². The first kappa shape index (κ1) is 23.9. The number of nitrogens with one attached hydrogen (secondary N) is 1. The number of carbonyl (C=O) groups excluding carboxylic acids is 1. The van der Waals surface area contributed by atoms with Crippen molar-refractivity contribution in [2.45, 2.75) is 56.9 Å². The molecule has 0 saturated heterocycles. The molecule has 1 fully saturated rings. The Hall–Kier alpha value is -2.78.